The fourth-order valence-corrected chi connectivity index (χ4v) is 2.95. The molecule has 1 heterocycles. The van der Waals surface area contributed by atoms with E-state index in [1.807, 2.05) is 0 Å². The van der Waals surface area contributed by atoms with E-state index in [1.165, 1.54) is 18.3 Å². The van der Waals surface area contributed by atoms with Crippen LogP contribution in [0.5, 0.6) is 0 Å². The third kappa shape index (κ3) is 5.00. The quantitative estimate of drug-likeness (QED) is 0.548. The minimum absolute atomic E-state index is 0.0811. The van der Waals surface area contributed by atoms with Crippen molar-refractivity contribution in [1.29, 1.82) is 5.26 Å². The van der Waals surface area contributed by atoms with Crippen molar-refractivity contribution in [2.45, 2.75) is 11.3 Å². The minimum atomic E-state index is -3.69. The van der Waals surface area contributed by atoms with E-state index in [9.17, 15) is 8.42 Å². The van der Waals surface area contributed by atoms with Gasteiger partial charge in [-0.15, -0.1) is 5.10 Å². The van der Waals surface area contributed by atoms with Gasteiger partial charge in [0.1, 0.15) is 6.07 Å². The molecule has 4 N–H and O–H groups in total. The molecule has 3 rings (SSSR count). The Bertz CT molecular complexity index is 1110. The van der Waals surface area contributed by atoms with Crippen LogP contribution in [0, 0.1) is 11.3 Å². The molecule has 0 amide bonds. The molecule has 0 bridgehead atoms. The van der Waals surface area contributed by atoms with Gasteiger partial charge >= 0.3 is 0 Å². The molecule has 3 aromatic rings. The van der Waals surface area contributed by atoms with Gasteiger partial charge in [0, 0.05) is 6.54 Å². The molecule has 0 spiro atoms. The van der Waals surface area contributed by atoms with Gasteiger partial charge in [-0.3, -0.25) is 0 Å². The molecule has 0 aliphatic carbocycles. The van der Waals surface area contributed by atoms with Gasteiger partial charge in [0.05, 0.1) is 22.3 Å². The topological polar surface area (TPSA) is 147 Å². The molecule has 0 atom stereocenters. The number of nitrogens with zero attached hydrogens (tertiary/aromatic N) is 4. The van der Waals surface area contributed by atoms with E-state index in [0.29, 0.717) is 30.0 Å². The number of hydrogen-bond acceptors (Lipinski definition) is 8. The summed E-state index contributed by atoms with van der Waals surface area (Å²) in [6.45, 7) is 0.557. The summed E-state index contributed by atoms with van der Waals surface area (Å²) in [5.41, 5.74) is 2.02. The summed E-state index contributed by atoms with van der Waals surface area (Å²) in [7, 11) is -3.69. The monoisotopic (exact) mass is 395 g/mol. The van der Waals surface area contributed by atoms with E-state index in [2.05, 4.69) is 31.9 Å². The first-order chi connectivity index (χ1) is 13.5. The van der Waals surface area contributed by atoms with Gasteiger partial charge in [-0.05, 0) is 36.2 Å². The Labute approximate surface area is 162 Å². The molecule has 0 aliphatic rings. The van der Waals surface area contributed by atoms with Gasteiger partial charge in [0.25, 0.3) is 0 Å². The second-order valence-corrected chi connectivity index (χ2v) is 7.37. The first-order valence-corrected chi connectivity index (χ1v) is 9.82. The van der Waals surface area contributed by atoms with Gasteiger partial charge in [-0.2, -0.15) is 15.3 Å². The molecular weight excluding hydrogens is 378 g/mol. The maximum Gasteiger partial charge on any atom is 0.249 e. The predicted octanol–water partition coefficient (Wildman–Crippen LogP) is 1.79. The number of aromatic nitrogens is 3. The summed E-state index contributed by atoms with van der Waals surface area (Å²) >= 11 is 0. The average Bonchev–Trinajstić information content (AvgIpc) is 2.68. The van der Waals surface area contributed by atoms with Gasteiger partial charge in [-0.25, -0.2) is 13.6 Å². The van der Waals surface area contributed by atoms with Gasteiger partial charge in [0.2, 0.25) is 16.0 Å². The molecule has 0 radical (unpaired) electrons. The van der Waals surface area contributed by atoms with E-state index in [-0.39, 0.29) is 10.8 Å². The van der Waals surface area contributed by atoms with E-state index in [1.54, 1.807) is 36.4 Å². The van der Waals surface area contributed by atoms with Crippen LogP contribution in [0.15, 0.2) is 59.6 Å². The molecule has 0 unspecified atom stereocenters. The molecule has 9 nitrogen and oxygen atoms in total. The van der Waals surface area contributed by atoms with Crippen molar-refractivity contribution in [3.63, 3.8) is 0 Å². The largest absolute Gasteiger partial charge is 0.368 e. The number of hydrogen-bond donors (Lipinski definition) is 3. The van der Waals surface area contributed by atoms with Crippen molar-refractivity contribution in [3.8, 4) is 6.07 Å². The molecule has 10 heteroatoms. The highest BCUT2D eigenvalue weighted by Gasteiger charge is 2.07. The summed E-state index contributed by atoms with van der Waals surface area (Å²) in [5, 5.41) is 28.1. The summed E-state index contributed by atoms with van der Waals surface area (Å²) in [5.74, 6) is 0.790. The Morgan fingerprint density at radius 2 is 1.86 bits per heavy atom. The lowest BCUT2D eigenvalue weighted by molar-refractivity contribution is 0.598. The number of benzene rings is 2. The van der Waals surface area contributed by atoms with Gasteiger partial charge in [-0.1, -0.05) is 24.3 Å². The van der Waals surface area contributed by atoms with Crippen molar-refractivity contribution < 1.29 is 8.42 Å². The van der Waals surface area contributed by atoms with E-state index in [4.69, 9.17) is 10.4 Å². The molecule has 0 aliphatic heterocycles. The van der Waals surface area contributed by atoms with Crippen LogP contribution in [0.1, 0.15) is 11.1 Å². The first-order valence-electron chi connectivity index (χ1n) is 8.27. The SMILES string of the molecule is N#Cc1ccccc1Nc1nncc(NCCc2ccc(S(N)(=O)=O)cc2)n1. The van der Waals surface area contributed by atoms with Crippen LogP contribution in [0.3, 0.4) is 0 Å². The van der Waals surface area contributed by atoms with Crippen LogP contribution in [0.2, 0.25) is 0 Å². The fourth-order valence-electron chi connectivity index (χ4n) is 2.43. The Balaban J connectivity index is 1.60. The van der Waals surface area contributed by atoms with Gasteiger partial charge in [0.15, 0.2) is 5.82 Å². The number of nitrogens with two attached hydrogens (primary N) is 1. The minimum Gasteiger partial charge on any atom is -0.368 e. The number of primary sulfonamides is 1. The molecular formula is C18H17N7O2S. The lowest BCUT2D eigenvalue weighted by Gasteiger charge is -2.09. The zero-order valence-electron chi connectivity index (χ0n) is 14.7. The maximum absolute atomic E-state index is 11.3. The normalized spacial score (nSPS) is 10.9. The second-order valence-electron chi connectivity index (χ2n) is 5.81. The number of rotatable bonds is 7. The Kier molecular flexibility index (Phi) is 5.78. The number of sulfonamides is 1. The summed E-state index contributed by atoms with van der Waals surface area (Å²) in [6, 6.07) is 15.5. The zero-order chi connectivity index (χ0) is 20.0. The molecule has 0 saturated carbocycles. The average molecular weight is 395 g/mol. The number of nitrogens with one attached hydrogen (secondary N) is 2. The number of anilines is 3. The molecule has 28 heavy (non-hydrogen) atoms. The summed E-state index contributed by atoms with van der Waals surface area (Å²) in [6.07, 6.45) is 2.14. The predicted molar refractivity (Wildman–Crippen MR) is 104 cm³/mol. The smallest absolute Gasteiger partial charge is 0.249 e. The highest BCUT2D eigenvalue weighted by atomic mass is 32.2. The standard InChI is InChI=1S/C18H17N7O2S/c19-11-14-3-1-2-4-16(14)23-18-24-17(12-22-25-18)21-10-9-13-5-7-15(8-6-13)28(20,26)27/h1-8,12H,9-10H2,(H2,20,26,27)(H2,21,23,24,25). The molecule has 0 saturated heterocycles. The van der Waals surface area contributed by atoms with Crippen LogP contribution in [0.4, 0.5) is 17.5 Å². The Morgan fingerprint density at radius 3 is 2.57 bits per heavy atom. The van der Waals surface area contributed by atoms with E-state index >= 15 is 0 Å². The molecule has 142 valence electrons. The molecule has 0 fully saturated rings. The highest BCUT2D eigenvalue weighted by molar-refractivity contribution is 7.89. The molecule has 1 aromatic heterocycles. The third-order valence-electron chi connectivity index (χ3n) is 3.82. The number of para-hydroxylation sites is 1. The summed E-state index contributed by atoms with van der Waals surface area (Å²) < 4.78 is 22.5. The van der Waals surface area contributed by atoms with Crippen LogP contribution in [-0.4, -0.2) is 30.1 Å². The first kappa shape index (κ1) is 19.2. The summed E-state index contributed by atoms with van der Waals surface area (Å²) in [4.78, 5) is 4.40. The van der Waals surface area contributed by atoms with Crippen molar-refractivity contribution in [3.05, 3.63) is 65.9 Å². The van der Waals surface area contributed by atoms with E-state index in [0.717, 1.165) is 5.56 Å². The van der Waals surface area contributed by atoms with Crippen LogP contribution in [-0.2, 0) is 16.4 Å². The van der Waals surface area contributed by atoms with Crippen molar-refractivity contribution in [2.75, 3.05) is 17.2 Å². The highest BCUT2D eigenvalue weighted by Crippen LogP contribution is 2.18. The third-order valence-corrected chi connectivity index (χ3v) is 4.75. The lowest BCUT2D eigenvalue weighted by Crippen LogP contribution is -2.12. The van der Waals surface area contributed by atoms with Crippen LogP contribution >= 0.6 is 0 Å². The fraction of sp³-hybridized carbons (Fsp3) is 0.111. The van der Waals surface area contributed by atoms with Crippen LogP contribution in [0.25, 0.3) is 0 Å². The Morgan fingerprint density at radius 1 is 1.11 bits per heavy atom. The maximum atomic E-state index is 11.3. The van der Waals surface area contributed by atoms with Gasteiger partial charge < -0.3 is 10.6 Å². The van der Waals surface area contributed by atoms with Crippen molar-refractivity contribution in [2.24, 2.45) is 5.14 Å². The zero-order valence-corrected chi connectivity index (χ0v) is 15.5. The van der Waals surface area contributed by atoms with Crippen molar-refractivity contribution in [1.82, 2.24) is 15.2 Å². The second kappa shape index (κ2) is 8.43. The molecule has 2 aromatic carbocycles. The number of nitriles is 1. The van der Waals surface area contributed by atoms with E-state index < -0.39 is 10.0 Å². The van der Waals surface area contributed by atoms with Crippen LogP contribution < -0.4 is 15.8 Å². The Hall–Kier alpha value is -3.55. The van der Waals surface area contributed by atoms with Crippen molar-refractivity contribution >= 4 is 27.5 Å². The lowest BCUT2D eigenvalue weighted by atomic mass is 10.1.